The van der Waals surface area contributed by atoms with Crippen LogP contribution in [0.15, 0.2) is 0 Å². The maximum Gasteiger partial charge on any atom is 0.244 e. The first-order valence-electron chi connectivity index (χ1n) is 7.64. The van der Waals surface area contributed by atoms with Crippen molar-refractivity contribution in [3.8, 4) is 0 Å². The molecule has 1 spiro atoms. The summed E-state index contributed by atoms with van der Waals surface area (Å²) >= 11 is 0. The molecule has 1 amide bonds. The summed E-state index contributed by atoms with van der Waals surface area (Å²) < 4.78 is 0. The van der Waals surface area contributed by atoms with Gasteiger partial charge in [0.1, 0.15) is 0 Å². The Bertz CT molecular complexity index is 346. The predicted octanol–water partition coefficient (Wildman–Crippen LogP) is 2.51. The van der Waals surface area contributed by atoms with Gasteiger partial charge in [-0.05, 0) is 37.5 Å². The van der Waals surface area contributed by atoms with Gasteiger partial charge in [-0.15, -0.1) is 0 Å². The summed E-state index contributed by atoms with van der Waals surface area (Å²) in [5.41, 5.74) is -0.179. The van der Waals surface area contributed by atoms with Crippen molar-refractivity contribution in [2.45, 2.75) is 77.0 Å². The van der Waals surface area contributed by atoms with Gasteiger partial charge in [0.05, 0.1) is 11.7 Å². The molecule has 2 saturated carbocycles. The van der Waals surface area contributed by atoms with Crippen LogP contribution in [0.1, 0.15) is 59.3 Å². The molecule has 1 saturated heterocycles. The SMILES string of the molecule is CC(C)CC1NC2(CCCC2)C(=O)N1C1CC1C. The smallest absolute Gasteiger partial charge is 0.244 e. The van der Waals surface area contributed by atoms with E-state index < -0.39 is 0 Å². The second-order valence-electron chi connectivity index (χ2n) is 7.07. The van der Waals surface area contributed by atoms with Crippen molar-refractivity contribution in [1.29, 1.82) is 0 Å². The highest BCUT2D eigenvalue weighted by Crippen LogP contribution is 2.44. The van der Waals surface area contributed by atoms with Gasteiger partial charge in [0.25, 0.3) is 0 Å². The summed E-state index contributed by atoms with van der Waals surface area (Å²) in [7, 11) is 0. The first-order valence-corrected chi connectivity index (χ1v) is 7.64. The summed E-state index contributed by atoms with van der Waals surface area (Å²) in [6.45, 7) is 6.77. The fourth-order valence-electron chi connectivity index (χ4n) is 3.87. The van der Waals surface area contributed by atoms with E-state index in [1.165, 1.54) is 19.3 Å². The third-order valence-corrected chi connectivity index (χ3v) is 5.00. The minimum atomic E-state index is -0.179. The molecule has 1 N–H and O–H groups in total. The molecule has 0 radical (unpaired) electrons. The second-order valence-corrected chi connectivity index (χ2v) is 7.07. The van der Waals surface area contributed by atoms with Gasteiger partial charge in [0, 0.05) is 6.04 Å². The van der Waals surface area contributed by atoms with Crippen molar-refractivity contribution >= 4 is 5.91 Å². The van der Waals surface area contributed by atoms with Crippen LogP contribution in [-0.2, 0) is 4.79 Å². The van der Waals surface area contributed by atoms with Gasteiger partial charge in [-0.2, -0.15) is 0 Å². The van der Waals surface area contributed by atoms with Crippen LogP contribution in [0.25, 0.3) is 0 Å². The molecule has 3 unspecified atom stereocenters. The van der Waals surface area contributed by atoms with Crippen molar-refractivity contribution in [3.05, 3.63) is 0 Å². The molecule has 3 heteroatoms. The van der Waals surface area contributed by atoms with Gasteiger partial charge in [0.2, 0.25) is 5.91 Å². The Morgan fingerprint density at radius 3 is 2.50 bits per heavy atom. The van der Waals surface area contributed by atoms with E-state index >= 15 is 0 Å². The summed E-state index contributed by atoms with van der Waals surface area (Å²) in [5, 5.41) is 3.72. The molecule has 3 rings (SSSR count). The molecule has 2 aliphatic carbocycles. The topological polar surface area (TPSA) is 32.3 Å². The number of rotatable bonds is 3. The molecule has 1 heterocycles. The van der Waals surface area contributed by atoms with Gasteiger partial charge in [-0.1, -0.05) is 33.6 Å². The molecule has 1 aliphatic heterocycles. The number of nitrogens with zero attached hydrogens (tertiary/aromatic N) is 1. The third kappa shape index (κ3) is 1.87. The lowest BCUT2D eigenvalue weighted by Gasteiger charge is -2.25. The summed E-state index contributed by atoms with van der Waals surface area (Å²) in [5.74, 6) is 1.77. The first-order chi connectivity index (χ1) is 8.53. The third-order valence-electron chi connectivity index (χ3n) is 5.00. The van der Waals surface area contributed by atoms with E-state index in [1.54, 1.807) is 0 Å². The van der Waals surface area contributed by atoms with E-state index in [0.717, 1.165) is 19.3 Å². The predicted molar refractivity (Wildman–Crippen MR) is 72.0 cm³/mol. The molecule has 3 nitrogen and oxygen atoms in total. The minimum Gasteiger partial charge on any atom is -0.322 e. The molecular formula is C15H26N2O. The largest absolute Gasteiger partial charge is 0.322 e. The Morgan fingerprint density at radius 2 is 2.00 bits per heavy atom. The van der Waals surface area contributed by atoms with E-state index in [-0.39, 0.29) is 5.54 Å². The standard InChI is InChI=1S/C15H26N2O/c1-10(2)8-13-16-15(6-4-5-7-15)14(18)17(13)12-9-11(12)3/h10-13,16H,4-9H2,1-3H3. The van der Waals surface area contributed by atoms with Crippen LogP contribution in [0.3, 0.4) is 0 Å². The number of carbonyl (C=O) groups is 1. The highest BCUT2D eigenvalue weighted by Gasteiger charge is 2.57. The van der Waals surface area contributed by atoms with Crippen LogP contribution in [0.4, 0.5) is 0 Å². The Labute approximate surface area is 110 Å². The second kappa shape index (κ2) is 4.22. The van der Waals surface area contributed by atoms with Crippen molar-refractivity contribution in [1.82, 2.24) is 10.2 Å². The Hall–Kier alpha value is -0.570. The Balaban J connectivity index is 1.81. The van der Waals surface area contributed by atoms with Gasteiger partial charge in [0.15, 0.2) is 0 Å². The molecule has 3 aliphatic rings. The monoisotopic (exact) mass is 250 g/mol. The average molecular weight is 250 g/mol. The number of amides is 1. The van der Waals surface area contributed by atoms with Crippen molar-refractivity contribution in [2.75, 3.05) is 0 Å². The highest BCUT2D eigenvalue weighted by molar-refractivity contribution is 5.89. The number of carbonyl (C=O) groups excluding carboxylic acids is 1. The van der Waals surface area contributed by atoms with Crippen molar-refractivity contribution < 1.29 is 4.79 Å². The molecule has 0 aromatic rings. The molecule has 0 aromatic carbocycles. The summed E-state index contributed by atoms with van der Waals surface area (Å²) in [6, 6.07) is 0.522. The maximum atomic E-state index is 12.8. The quantitative estimate of drug-likeness (QED) is 0.834. The molecular weight excluding hydrogens is 224 g/mol. The van der Waals surface area contributed by atoms with Gasteiger partial charge in [-0.25, -0.2) is 0 Å². The number of hydrogen-bond donors (Lipinski definition) is 1. The summed E-state index contributed by atoms with van der Waals surface area (Å²) in [6.07, 6.45) is 7.12. The van der Waals surface area contributed by atoms with Gasteiger partial charge < -0.3 is 4.90 Å². The van der Waals surface area contributed by atoms with Gasteiger partial charge in [-0.3, -0.25) is 10.1 Å². The molecule has 3 atom stereocenters. The normalized spacial score (nSPS) is 38.1. The van der Waals surface area contributed by atoms with Crippen LogP contribution >= 0.6 is 0 Å². The Kier molecular flexibility index (Phi) is 2.92. The van der Waals surface area contributed by atoms with Crippen LogP contribution in [0.2, 0.25) is 0 Å². The lowest BCUT2D eigenvalue weighted by Crippen LogP contribution is -2.44. The van der Waals surface area contributed by atoms with E-state index in [0.29, 0.717) is 30.0 Å². The molecule has 18 heavy (non-hydrogen) atoms. The van der Waals surface area contributed by atoms with E-state index in [1.807, 2.05) is 0 Å². The molecule has 102 valence electrons. The van der Waals surface area contributed by atoms with E-state index in [9.17, 15) is 4.79 Å². The maximum absolute atomic E-state index is 12.8. The average Bonchev–Trinajstić information content (AvgIpc) is 2.75. The molecule has 0 aromatic heterocycles. The van der Waals surface area contributed by atoms with Crippen molar-refractivity contribution in [2.24, 2.45) is 11.8 Å². The lowest BCUT2D eigenvalue weighted by molar-refractivity contribution is -0.134. The number of hydrogen-bond acceptors (Lipinski definition) is 2. The fourth-order valence-corrected chi connectivity index (χ4v) is 3.87. The zero-order chi connectivity index (χ0) is 12.9. The summed E-state index contributed by atoms with van der Waals surface area (Å²) in [4.78, 5) is 15.0. The highest BCUT2D eigenvalue weighted by atomic mass is 16.2. The lowest BCUT2D eigenvalue weighted by atomic mass is 9.98. The zero-order valence-corrected chi connectivity index (χ0v) is 11.9. The van der Waals surface area contributed by atoms with E-state index in [4.69, 9.17) is 0 Å². The van der Waals surface area contributed by atoms with Crippen LogP contribution < -0.4 is 5.32 Å². The molecule has 3 fully saturated rings. The fraction of sp³-hybridized carbons (Fsp3) is 0.933. The zero-order valence-electron chi connectivity index (χ0n) is 11.9. The van der Waals surface area contributed by atoms with Crippen LogP contribution in [0, 0.1) is 11.8 Å². The van der Waals surface area contributed by atoms with E-state index in [2.05, 4.69) is 31.0 Å². The van der Waals surface area contributed by atoms with Crippen molar-refractivity contribution in [3.63, 3.8) is 0 Å². The minimum absolute atomic E-state index is 0.179. The number of nitrogens with one attached hydrogen (secondary N) is 1. The van der Waals surface area contributed by atoms with Crippen LogP contribution in [-0.4, -0.2) is 28.6 Å². The van der Waals surface area contributed by atoms with Gasteiger partial charge >= 0.3 is 0 Å². The first kappa shape index (κ1) is 12.5. The molecule has 0 bridgehead atoms. The van der Waals surface area contributed by atoms with Crippen LogP contribution in [0.5, 0.6) is 0 Å². The Morgan fingerprint density at radius 1 is 1.39 bits per heavy atom.